The fraction of sp³-hybridized carbons (Fsp3) is 0.200. The van der Waals surface area contributed by atoms with Gasteiger partial charge < -0.3 is 15.7 Å². The number of benzene rings is 1. The smallest absolute Gasteiger partial charge is 0.335 e. The summed E-state index contributed by atoms with van der Waals surface area (Å²) in [5.74, 6) is -1.03. The Bertz CT molecular complexity index is 666. The molecular formula is C15H16N2O3S. The molecule has 0 radical (unpaired) electrons. The Morgan fingerprint density at radius 3 is 2.62 bits per heavy atom. The molecule has 2 amide bonds. The molecule has 0 aliphatic carbocycles. The molecule has 1 unspecified atom stereocenters. The van der Waals surface area contributed by atoms with Crippen molar-refractivity contribution in [2.45, 2.75) is 19.9 Å². The van der Waals surface area contributed by atoms with E-state index in [0.717, 1.165) is 4.88 Å². The molecule has 5 nitrogen and oxygen atoms in total. The highest BCUT2D eigenvalue weighted by atomic mass is 32.1. The van der Waals surface area contributed by atoms with Crippen molar-refractivity contribution < 1.29 is 14.7 Å². The number of thiophene rings is 1. The quantitative estimate of drug-likeness (QED) is 0.807. The van der Waals surface area contributed by atoms with E-state index in [2.05, 4.69) is 10.6 Å². The molecule has 6 heteroatoms. The number of urea groups is 1. The Kier molecular flexibility index (Phi) is 4.59. The molecule has 21 heavy (non-hydrogen) atoms. The molecular weight excluding hydrogens is 288 g/mol. The van der Waals surface area contributed by atoms with Crippen molar-refractivity contribution in [1.82, 2.24) is 5.32 Å². The zero-order chi connectivity index (χ0) is 15.4. The van der Waals surface area contributed by atoms with E-state index in [1.54, 1.807) is 23.5 Å². The highest BCUT2D eigenvalue weighted by Crippen LogP contribution is 2.22. The monoisotopic (exact) mass is 304 g/mol. The molecule has 0 saturated carbocycles. The van der Waals surface area contributed by atoms with Crippen molar-refractivity contribution in [2.24, 2.45) is 0 Å². The highest BCUT2D eigenvalue weighted by molar-refractivity contribution is 7.12. The SMILES string of the molecule is Cc1ccc(C(C)NC(=O)Nc2cccc(C(=O)O)c2)s1. The first-order valence-electron chi connectivity index (χ1n) is 6.43. The number of carboxylic acid groups (broad SMARTS) is 1. The summed E-state index contributed by atoms with van der Waals surface area (Å²) in [4.78, 5) is 25.1. The number of hydrogen-bond donors (Lipinski definition) is 3. The summed E-state index contributed by atoms with van der Waals surface area (Å²) in [7, 11) is 0. The van der Waals surface area contributed by atoms with Crippen LogP contribution in [0.3, 0.4) is 0 Å². The largest absolute Gasteiger partial charge is 0.478 e. The van der Waals surface area contributed by atoms with Crippen molar-refractivity contribution in [1.29, 1.82) is 0 Å². The zero-order valence-corrected chi connectivity index (χ0v) is 12.5. The van der Waals surface area contributed by atoms with Gasteiger partial charge in [-0.15, -0.1) is 11.3 Å². The van der Waals surface area contributed by atoms with Gasteiger partial charge in [0.15, 0.2) is 0 Å². The van der Waals surface area contributed by atoms with E-state index < -0.39 is 5.97 Å². The van der Waals surface area contributed by atoms with Crippen LogP contribution in [-0.4, -0.2) is 17.1 Å². The minimum atomic E-state index is -1.03. The molecule has 0 aliphatic rings. The number of hydrogen-bond acceptors (Lipinski definition) is 3. The minimum absolute atomic E-state index is 0.105. The van der Waals surface area contributed by atoms with Crippen LogP contribution in [0.15, 0.2) is 36.4 Å². The highest BCUT2D eigenvalue weighted by Gasteiger charge is 2.12. The van der Waals surface area contributed by atoms with Gasteiger partial charge in [0, 0.05) is 15.4 Å². The number of carboxylic acids is 1. The van der Waals surface area contributed by atoms with Crippen LogP contribution in [-0.2, 0) is 0 Å². The Morgan fingerprint density at radius 2 is 2.00 bits per heavy atom. The summed E-state index contributed by atoms with van der Waals surface area (Å²) in [5, 5.41) is 14.4. The lowest BCUT2D eigenvalue weighted by molar-refractivity contribution is 0.0697. The number of aryl methyl sites for hydroxylation is 1. The van der Waals surface area contributed by atoms with E-state index in [0.29, 0.717) is 5.69 Å². The average molecular weight is 304 g/mol. The third-order valence-electron chi connectivity index (χ3n) is 2.90. The second kappa shape index (κ2) is 6.41. The molecule has 1 aromatic carbocycles. The Labute approximate surface area is 126 Å². The summed E-state index contributed by atoms with van der Waals surface area (Å²) in [5.41, 5.74) is 0.580. The summed E-state index contributed by atoms with van der Waals surface area (Å²) in [6.07, 6.45) is 0. The Hall–Kier alpha value is -2.34. The normalized spacial score (nSPS) is 11.7. The van der Waals surface area contributed by atoms with Crippen molar-refractivity contribution in [2.75, 3.05) is 5.32 Å². The summed E-state index contributed by atoms with van der Waals surface area (Å²) < 4.78 is 0. The lowest BCUT2D eigenvalue weighted by Gasteiger charge is -2.13. The van der Waals surface area contributed by atoms with Crippen LogP contribution in [0.25, 0.3) is 0 Å². The van der Waals surface area contributed by atoms with Crippen LogP contribution in [0.4, 0.5) is 10.5 Å². The standard InChI is InChI=1S/C15H16N2O3S/c1-9-6-7-13(21-9)10(2)16-15(20)17-12-5-3-4-11(8-12)14(18)19/h3-8,10H,1-2H3,(H,18,19)(H2,16,17,20). The van der Waals surface area contributed by atoms with Crippen LogP contribution in [0, 0.1) is 6.92 Å². The van der Waals surface area contributed by atoms with Gasteiger partial charge in [-0.2, -0.15) is 0 Å². The molecule has 0 aliphatic heterocycles. The van der Waals surface area contributed by atoms with Crippen molar-refractivity contribution in [3.05, 3.63) is 51.7 Å². The second-order valence-corrected chi connectivity index (χ2v) is 5.97. The molecule has 0 spiro atoms. The van der Waals surface area contributed by atoms with Crippen LogP contribution in [0.5, 0.6) is 0 Å². The van der Waals surface area contributed by atoms with Crippen LogP contribution >= 0.6 is 11.3 Å². The topological polar surface area (TPSA) is 78.4 Å². The van der Waals surface area contributed by atoms with Gasteiger partial charge in [-0.25, -0.2) is 9.59 Å². The fourth-order valence-electron chi connectivity index (χ4n) is 1.85. The van der Waals surface area contributed by atoms with Crippen molar-refractivity contribution >= 4 is 29.0 Å². The second-order valence-electron chi connectivity index (χ2n) is 4.65. The predicted octanol–water partition coefficient (Wildman–Crippen LogP) is 3.64. The van der Waals surface area contributed by atoms with Gasteiger partial charge in [-0.3, -0.25) is 0 Å². The lowest BCUT2D eigenvalue weighted by Crippen LogP contribution is -2.30. The lowest BCUT2D eigenvalue weighted by atomic mass is 10.2. The van der Waals surface area contributed by atoms with E-state index in [1.165, 1.54) is 17.0 Å². The molecule has 2 aromatic rings. The number of carbonyl (C=O) groups excluding carboxylic acids is 1. The first-order chi connectivity index (χ1) is 9.95. The molecule has 1 aromatic heterocycles. The number of carbonyl (C=O) groups is 2. The molecule has 2 rings (SSSR count). The maximum atomic E-state index is 11.9. The average Bonchev–Trinajstić information content (AvgIpc) is 2.85. The van der Waals surface area contributed by atoms with Crippen LogP contribution in [0.2, 0.25) is 0 Å². The predicted molar refractivity (Wildman–Crippen MR) is 83.0 cm³/mol. The third kappa shape index (κ3) is 4.06. The van der Waals surface area contributed by atoms with Gasteiger partial charge in [0.25, 0.3) is 0 Å². The molecule has 1 heterocycles. The van der Waals surface area contributed by atoms with E-state index in [-0.39, 0.29) is 17.6 Å². The fourth-order valence-corrected chi connectivity index (χ4v) is 2.73. The van der Waals surface area contributed by atoms with E-state index in [9.17, 15) is 9.59 Å². The Morgan fingerprint density at radius 1 is 1.24 bits per heavy atom. The summed E-state index contributed by atoms with van der Waals surface area (Å²) in [6, 6.07) is 9.64. The molecule has 0 bridgehead atoms. The van der Waals surface area contributed by atoms with Crippen molar-refractivity contribution in [3.63, 3.8) is 0 Å². The first kappa shape index (κ1) is 15.1. The van der Waals surface area contributed by atoms with Gasteiger partial charge in [-0.1, -0.05) is 6.07 Å². The molecule has 0 fully saturated rings. The number of rotatable bonds is 4. The number of amides is 2. The van der Waals surface area contributed by atoms with Gasteiger partial charge >= 0.3 is 12.0 Å². The van der Waals surface area contributed by atoms with Gasteiger partial charge in [-0.05, 0) is 44.2 Å². The molecule has 3 N–H and O–H groups in total. The first-order valence-corrected chi connectivity index (χ1v) is 7.24. The maximum Gasteiger partial charge on any atom is 0.335 e. The minimum Gasteiger partial charge on any atom is -0.478 e. The number of anilines is 1. The summed E-state index contributed by atoms with van der Waals surface area (Å²) in [6.45, 7) is 3.91. The van der Waals surface area contributed by atoms with E-state index >= 15 is 0 Å². The van der Waals surface area contributed by atoms with Gasteiger partial charge in [0.2, 0.25) is 0 Å². The van der Waals surface area contributed by atoms with E-state index in [4.69, 9.17) is 5.11 Å². The Balaban J connectivity index is 1.98. The van der Waals surface area contributed by atoms with Gasteiger partial charge in [0.1, 0.15) is 0 Å². The molecule has 0 saturated heterocycles. The van der Waals surface area contributed by atoms with Crippen molar-refractivity contribution in [3.8, 4) is 0 Å². The summed E-state index contributed by atoms with van der Waals surface area (Å²) >= 11 is 1.63. The molecule has 110 valence electrons. The number of aromatic carboxylic acids is 1. The molecule has 1 atom stereocenters. The number of nitrogens with one attached hydrogen (secondary N) is 2. The van der Waals surface area contributed by atoms with Crippen LogP contribution < -0.4 is 10.6 Å². The van der Waals surface area contributed by atoms with Crippen LogP contribution in [0.1, 0.15) is 33.1 Å². The maximum absolute atomic E-state index is 11.9. The third-order valence-corrected chi connectivity index (χ3v) is 4.09. The zero-order valence-electron chi connectivity index (χ0n) is 11.7. The van der Waals surface area contributed by atoms with Gasteiger partial charge in [0.05, 0.1) is 11.6 Å². The van der Waals surface area contributed by atoms with E-state index in [1.807, 2.05) is 26.0 Å².